The Labute approximate surface area is 163 Å². The quantitative estimate of drug-likeness (QED) is 0.413. The summed E-state index contributed by atoms with van der Waals surface area (Å²) in [7, 11) is 0. The minimum atomic E-state index is -0.786. The van der Waals surface area contributed by atoms with E-state index in [1.54, 1.807) is 19.1 Å². The predicted molar refractivity (Wildman–Crippen MR) is 103 cm³/mol. The molecule has 2 aromatic rings. The van der Waals surface area contributed by atoms with E-state index in [9.17, 15) is 14.9 Å². The fourth-order valence-corrected chi connectivity index (χ4v) is 2.73. The van der Waals surface area contributed by atoms with E-state index in [2.05, 4.69) is 26.5 Å². The summed E-state index contributed by atoms with van der Waals surface area (Å²) >= 11 is 9.12. The highest BCUT2D eigenvalue weighted by Gasteiger charge is 2.16. The van der Waals surface area contributed by atoms with Crippen LogP contribution in [0.2, 0.25) is 5.02 Å². The Kier molecular flexibility index (Phi) is 6.70. The SMILES string of the molecule is Cc1ccc(O[C@H](C)C(=O)N/N=C\c2ccc(Cl)c([N+](=O)[O-])c2)c(Br)c1. The van der Waals surface area contributed by atoms with Crippen LogP contribution in [-0.4, -0.2) is 23.1 Å². The van der Waals surface area contributed by atoms with E-state index in [0.717, 1.165) is 10.0 Å². The number of amides is 1. The number of aryl methyl sites for hydroxylation is 1. The molecule has 2 aromatic carbocycles. The van der Waals surface area contributed by atoms with Crippen LogP contribution in [0.25, 0.3) is 0 Å². The number of carbonyl (C=O) groups is 1. The first-order valence-corrected chi connectivity index (χ1v) is 8.64. The molecule has 7 nitrogen and oxygen atoms in total. The molecule has 0 radical (unpaired) electrons. The molecule has 0 spiro atoms. The van der Waals surface area contributed by atoms with Crippen LogP contribution in [0.5, 0.6) is 5.75 Å². The van der Waals surface area contributed by atoms with Gasteiger partial charge in [-0.2, -0.15) is 5.10 Å². The average molecular weight is 441 g/mol. The number of ether oxygens (including phenoxy) is 1. The first-order chi connectivity index (χ1) is 12.3. The van der Waals surface area contributed by atoms with E-state index in [-0.39, 0.29) is 10.7 Å². The maximum absolute atomic E-state index is 12.1. The molecule has 9 heteroatoms. The standard InChI is InChI=1S/C17H15BrClN3O4/c1-10-3-6-16(13(18)7-10)26-11(2)17(23)21-20-9-12-4-5-14(19)15(8-12)22(24)25/h3-9,11H,1-2H3,(H,21,23)/b20-9-/t11-/m1/s1. The van der Waals surface area contributed by atoms with Gasteiger partial charge in [0.2, 0.25) is 0 Å². The minimum absolute atomic E-state index is 0.0295. The lowest BCUT2D eigenvalue weighted by Crippen LogP contribution is -2.33. The Morgan fingerprint density at radius 3 is 2.77 bits per heavy atom. The normalized spacial score (nSPS) is 12.0. The van der Waals surface area contributed by atoms with Crippen molar-refractivity contribution in [3.05, 3.63) is 67.1 Å². The molecule has 0 fully saturated rings. The van der Waals surface area contributed by atoms with Gasteiger partial charge < -0.3 is 4.74 Å². The highest BCUT2D eigenvalue weighted by molar-refractivity contribution is 9.10. The summed E-state index contributed by atoms with van der Waals surface area (Å²) in [5, 5.41) is 14.7. The van der Waals surface area contributed by atoms with Crippen molar-refractivity contribution in [1.82, 2.24) is 5.43 Å². The van der Waals surface area contributed by atoms with Gasteiger partial charge >= 0.3 is 0 Å². The maximum atomic E-state index is 12.1. The van der Waals surface area contributed by atoms with E-state index in [1.807, 2.05) is 19.1 Å². The van der Waals surface area contributed by atoms with Crippen molar-refractivity contribution in [3.8, 4) is 5.75 Å². The predicted octanol–water partition coefficient (Wildman–Crippen LogP) is 4.24. The van der Waals surface area contributed by atoms with Gasteiger partial charge in [-0.3, -0.25) is 14.9 Å². The Morgan fingerprint density at radius 1 is 1.38 bits per heavy atom. The molecule has 0 aliphatic rings. The molecule has 0 aliphatic carbocycles. The number of carbonyl (C=O) groups excluding carboxylic acids is 1. The van der Waals surface area contributed by atoms with Gasteiger partial charge in [-0.25, -0.2) is 5.43 Å². The van der Waals surface area contributed by atoms with Crippen molar-refractivity contribution in [3.63, 3.8) is 0 Å². The van der Waals surface area contributed by atoms with Crippen LogP contribution in [0.1, 0.15) is 18.1 Å². The summed E-state index contributed by atoms with van der Waals surface area (Å²) in [4.78, 5) is 22.3. The van der Waals surface area contributed by atoms with Crippen molar-refractivity contribution in [2.45, 2.75) is 20.0 Å². The van der Waals surface area contributed by atoms with Crippen molar-refractivity contribution in [2.75, 3.05) is 0 Å². The van der Waals surface area contributed by atoms with Gasteiger partial charge in [-0.15, -0.1) is 0 Å². The summed E-state index contributed by atoms with van der Waals surface area (Å²) in [6, 6.07) is 9.72. The molecule has 0 saturated heterocycles. The third-order valence-electron chi connectivity index (χ3n) is 3.32. The van der Waals surface area contributed by atoms with Crippen molar-refractivity contribution < 1.29 is 14.5 Å². The van der Waals surface area contributed by atoms with Gasteiger partial charge in [-0.05, 0) is 53.5 Å². The first kappa shape index (κ1) is 19.9. The lowest BCUT2D eigenvalue weighted by molar-refractivity contribution is -0.384. The van der Waals surface area contributed by atoms with Crippen LogP contribution in [0, 0.1) is 17.0 Å². The number of benzene rings is 2. The Morgan fingerprint density at radius 2 is 2.12 bits per heavy atom. The van der Waals surface area contributed by atoms with E-state index in [4.69, 9.17) is 16.3 Å². The number of hydrogen-bond acceptors (Lipinski definition) is 5. The van der Waals surface area contributed by atoms with Crippen molar-refractivity contribution in [2.24, 2.45) is 5.10 Å². The molecule has 0 saturated carbocycles. The number of hydrogen-bond donors (Lipinski definition) is 1. The van der Waals surface area contributed by atoms with Crippen LogP contribution >= 0.6 is 27.5 Å². The Hall–Kier alpha value is -2.45. The molecule has 0 aromatic heterocycles. The fourth-order valence-electron chi connectivity index (χ4n) is 1.96. The van der Waals surface area contributed by atoms with Crippen LogP contribution in [0.3, 0.4) is 0 Å². The Balaban J connectivity index is 1.98. The number of rotatable bonds is 6. The van der Waals surface area contributed by atoms with Crippen LogP contribution < -0.4 is 10.2 Å². The third kappa shape index (κ3) is 5.27. The van der Waals surface area contributed by atoms with E-state index in [0.29, 0.717) is 11.3 Å². The summed E-state index contributed by atoms with van der Waals surface area (Å²) in [6.07, 6.45) is 0.501. The summed E-state index contributed by atoms with van der Waals surface area (Å²) in [5.41, 5.74) is 3.58. The molecular weight excluding hydrogens is 426 g/mol. The van der Waals surface area contributed by atoms with Gasteiger partial charge in [0.05, 0.1) is 15.6 Å². The largest absolute Gasteiger partial charge is 0.480 e. The van der Waals surface area contributed by atoms with Gasteiger partial charge in [0.15, 0.2) is 6.10 Å². The number of halogens is 2. The minimum Gasteiger partial charge on any atom is -0.480 e. The number of nitrogens with zero attached hydrogens (tertiary/aromatic N) is 2. The van der Waals surface area contributed by atoms with E-state index < -0.39 is 16.9 Å². The zero-order valence-electron chi connectivity index (χ0n) is 13.9. The fraction of sp³-hybridized carbons (Fsp3) is 0.176. The van der Waals surface area contributed by atoms with Gasteiger partial charge in [0.1, 0.15) is 10.8 Å². The second-order valence-electron chi connectivity index (χ2n) is 5.40. The number of nitro groups is 1. The first-order valence-electron chi connectivity index (χ1n) is 7.47. The average Bonchev–Trinajstić information content (AvgIpc) is 2.58. The van der Waals surface area contributed by atoms with Crippen LogP contribution in [0.4, 0.5) is 5.69 Å². The summed E-state index contributed by atoms with van der Waals surface area (Å²) in [6.45, 7) is 3.53. The number of nitro benzene ring substituents is 1. The van der Waals surface area contributed by atoms with Gasteiger partial charge in [0.25, 0.3) is 11.6 Å². The van der Waals surface area contributed by atoms with E-state index >= 15 is 0 Å². The lowest BCUT2D eigenvalue weighted by Gasteiger charge is -2.14. The highest BCUT2D eigenvalue weighted by atomic mass is 79.9. The molecule has 1 amide bonds. The second kappa shape index (κ2) is 8.77. The zero-order valence-corrected chi connectivity index (χ0v) is 16.2. The number of nitrogens with one attached hydrogen (secondary N) is 1. The number of hydrazone groups is 1. The molecule has 136 valence electrons. The molecule has 0 aliphatic heterocycles. The summed E-state index contributed by atoms with van der Waals surface area (Å²) < 4.78 is 6.34. The van der Waals surface area contributed by atoms with E-state index in [1.165, 1.54) is 18.3 Å². The van der Waals surface area contributed by atoms with Crippen molar-refractivity contribution in [1.29, 1.82) is 0 Å². The monoisotopic (exact) mass is 439 g/mol. The Bertz CT molecular complexity index is 873. The smallest absolute Gasteiger partial charge is 0.288 e. The van der Waals surface area contributed by atoms with Crippen LogP contribution in [0.15, 0.2) is 46.0 Å². The lowest BCUT2D eigenvalue weighted by atomic mass is 10.2. The van der Waals surface area contributed by atoms with Crippen molar-refractivity contribution >= 4 is 45.3 Å². The molecule has 2 rings (SSSR count). The second-order valence-corrected chi connectivity index (χ2v) is 6.66. The molecule has 1 atom stereocenters. The molecule has 26 heavy (non-hydrogen) atoms. The molecular formula is C17H15BrClN3O4. The van der Waals surface area contributed by atoms with Gasteiger partial charge in [-0.1, -0.05) is 23.7 Å². The highest BCUT2D eigenvalue weighted by Crippen LogP contribution is 2.27. The topological polar surface area (TPSA) is 93.8 Å². The zero-order chi connectivity index (χ0) is 19.3. The molecule has 0 unspecified atom stereocenters. The molecule has 0 bridgehead atoms. The maximum Gasteiger partial charge on any atom is 0.288 e. The molecule has 0 heterocycles. The third-order valence-corrected chi connectivity index (χ3v) is 4.25. The van der Waals surface area contributed by atoms with Crippen LogP contribution in [-0.2, 0) is 4.79 Å². The summed E-state index contributed by atoms with van der Waals surface area (Å²) in [5.74, 6) is 0.0766. The molecule has 1 N–H and O–H groups in total. The van der Waals surface area contributed by atoms with Gasteiger partial charge in [0, 0.05) is 11.6 Å².